The van der Waals surface area contributed by atoms with Gasteiger partial charge < -0.3 is 14.4 Å². The fraction of sp³-hybridized carbons (Fsp3) is 0.562. The second-order valence-electron chi connectivity index (χ2n) is 5.73. The van der Waals surface area contributed by atoms with Crippen molar-refractivity contribution in [3.8, 4) is 0 Å². The molecule has 2 fully saturated rings. The molecule has 1 aromatic carbocycles. The van der Waals surface area contributed by atoms with Crippen LogP contribution >= 0.6 is 0 Å². The molecular formula is C16H20FNO3. The number of carbonyl (C=O) groups is 1. The van der Waals surface area contributed by atoms with Crippen LogP contribution in [0.15, 0.2) is 24.3 Å². The first-order valence-corrected chi connectivity index (χ1v) is 7.41. The minimum atomic E-state index is -0.468. The van der Waals surface area contributed by atoms with Crippen molar-refractivity contribution in [2.75, 3.05) is 20.3 Å². The van der Waals surface area contributed by atoms with Crippen LogP contribution in [0, 0.1) is 5.82 Å². The molecule has 1 aliphatic heterocycles. The van der Waals surface area contributed by atoms with Crippen molar-refractivity contribution in [2.24, 2.45) is 0 Å². The molecule has 1 saturated carbocycles. The van der Waals surface area contributed by atoms with Crippen LogP contribution in [-0.2, 0) is 9.47 Å². The first-order chi connectivity index (χ1) is 10.1. The van der Waals surface area contributed by atoms with Crippen LogP contribution in [0.4, 0.5) is 4.39 Å². The number of hydrogen-bond donors (Lipinski definition) is 0. The van der Waals surface area contributed by atoms with Gasteiger partial charge in [-0.1, -0.05) is 12.1 Å². The van der Waals surface area contributed by atoms with Crippen molar-refractivity contribution in [2.45, 2.75) is 37.5 Å². The molecule has 0 atom stereocenters. The Kier molecular flexibility index (Phi) is 3.95. The fourth-order valence-corrected chi connectivity index (χ4v) is 3.21. The third-order valence-corrected chi connectivity index (χ3v) is 4.50. The first-order valence-electron chi connectivity index (χ1n) is 7.41. The summed E-state index contributed by atoms with van der Waals surface area (Å²) in [6, 6.07) is 6.22. The molecule has 21 heavy (non-hydrogen) atoms. The maximum atomic E-state index is 13.7. The second kappa shape index (κ2) is 5.73. The predicted molar refractivity (Wildman–Crippen MR) is 75.4 cm³/mol. The van der Waals surface area contributed by atoms with Gasteiger partial charge in [-0.2, -0.15) is 0 Å². The molecule has 1 aliphatic carbocycles. The fourth-order valence-electron chi connectivity index (χ4n) is 3.21. The lowest BCUT2D eigenvalue weighted by atomic mass is 9.89. The summed E-state index contributed by atoms with van der Waals surface area (Å²) in [4.78, 5) is 14.1. The molecule has 2 aliphatic rings. The Morgan fingerprint density at radius 3 is 2.48 bits per heavy atom. The largest absolute Gasteiger partial charge is 0.348 e. The maximum absolute atomic E-state index is 13.7. The van der Waals surface area contributed by atoms with E-state index in [9.17, 15) is 9.18 Å². The molecule has 1 saturated heterocycles. The van der Waals surface area contributed by atoms with E-state index in [1.54, 1.807) is 24.1 Å². The third-order valence-electron chi connectivity index (χ3n) is 4.50. The van der Waals surface area contributed by atoms with Gasteiger partial charge in [0.15, 0.2) is 5.79 Å². The van der Waals surface area contributed by atoms with E-state index < -0.39 is 11.6 Å². The molecule has 1 aromatic rings. The van der Waals surface area contributed by atoms with Crippen LogP contribution in [0.3, 0.4) is 0 Å². The molecule has 114 valence electrons. The standard InChI is InChI=1S/C16H20FNO3/c1-18(15(19)13-4-2-3-5-14(13)17)12-6-8-16(9-7-12)20-10-11-21-16/h2-5,12H,6-11H2,1H3. The smallest absolute Gasteiger partial charge is 0.256 e. The molecule has 0 unspecified atom stereocenters. The van der Waals surface area contributed by atoms with Gasteiger partial charge in [-0.3, -0.25) is 4.79 Å². The van der Waals surface area contributed by atoms with E-state index >= 15 is 0 Å². The van der Waals surface area contributed by atoms with Gasteiger partial charge in [0.25, 0.3) is 5.91 Å². The maximum Gasteiger partial charge on any atom is 0.256 e. The summed E-state index contributed by atoms with van der Waals surface area (Å²) >= 11 is 0. The van der Waals surface area contributed by atoms with E-state index in [-0.39, 0.29) is 17.5 Å². The van der Waals surface area contributed by atoms with Crippen LogP contribution in [0.1, 0.15) is 36.0 Å². The summed E-state index contributed by atoms with van der Waals surface area (Å²) in [5.74, 6) is -1.16. The molecule has 0 aromatic heterocycles. The van der Waals surface area contributed by atoms with Crippen molar-refractivity contribution in [1.29, 1.82) is 0 Å². The third kappa shape index (κ3) is 2.80. The topological polar surface area (TPSA) is 38.8 Å². The Labute approximate surface area is 123 Å². The van der Waals surface area contributed by atoms with Gasteiger partial charge in [0.05, 0.1) is 18.8 Å². The molecule has 1 spiro atoms. The summed E-state index contributed by atoms with van der Waals surface area (Å²) in [5.41, 5.74) is 0.133. The average Bonchev–Trinajstić information content (AvgIpc) is 2.95. The van der Waals surface area contributed by atoms with Crippen molar-refractivity contribution < 1.29 is 18.7 Å². The lowest BCUT2D eigenvalue weighted by molar-refractivity contribution is -0.182. The zero-order valence-corrected chi connectivity index (χ0v) is 12.2. The Morgan fingerprint density at radius 1 is 1.24 bits per heavy atom. The van der Waals surface area contributed by atoms with E-state index in [1.807, 2.05) is 0 Å². The van der Waals surface area contributed by atoms with Crippen molar-refractivity contribution in [3.63, 3.8) is 0 Å². The van der Waals surface area contributed by atoms with Crippen molar-refractivity contribution in [1.82, 2.24) is 4.90 Å². The molecular weight excluding hydrogens is 273 g/mol. The molecule has 1 heterocycles. The van der Waals surface area contributed by atoms with Crippen LogP contribution in [-0.4, -0.2) is 42.9 Å². The van der Waals surface area contributed by atoms with Crippen LogP contribution in [0.2, 0.25) is 0 Å². The number of ether oxygens (including phenoxy) is 2. The summed E-state index contributed by atoms with van der Waals surface area (Å²) < 4.78 is 25.1. The van der Waals surface area contributed by atoms with Crippen molar-refractivity contribution in [3.05, 3.63) is 35.6 Å². The highest BCUT2D eigenvalue weighted by molar-refractivity contribution is 5.94. The van der Waals surface area contributed by atoms with Gasteiger partial charge in [0.1, 0.15) is 5.82 Å². The minimum absolute atomic E-state index is 0.107. The number of benzene rings is 1. The number of carbonyl (C=O) groups excluding carboxylic acids is 1. The van der Waals surface area contributed by atoms with E-state index in [0.29, 0.717) is 13.2 Å². The number of amides is 1. The monoisotopic (exact) mass is 293 g/mol. The number of hydrogen-bond acceptors (Lipinski definition) is 3. The van der Waals surface area contributed by atoms with Gasteiger partial charge in [0.2, 0.25) is 0 Å². The van der Waals surface area contributed by atoms with Gasteiger partial charge in [-0.15, -0.1) is 0 Å². The summed E-state index contributed by atoms with van der Waals surface area (Å²) in [6.07, 6.45) is 3.20. The number of nitrogens with zero attached hydrogens (tertiary/aromatic N) is 1. The van der Waals surface area contributed by atoms with Gasteiger partial charge in [-0.25, -0.2) is 4.39 Å². The Morgan fingerprint density at radius 2 is 1.86 bits per heavy atom. The number of halogens is 1. The highest BCUT2D eigenvalue weighted by Crippen LogP contribution is 2.37. The Hall–Kier alpha value is -1.46. The van der Waals surface area contributed by atoms with E-state index in [0.717, 1.165) is 25.7 Å². The van der Waals surface area contributed by atoms with E-state index in [1.165, 1.54) is 12.1 Å². The molecule has 0 bridgehead atoms. The predicted octanol–water partition coefficient (Wildman–Crippen LogP) is 2.58. The second-order valence-corrected chi connectivity index (χ2v) is 5.73. The lowest BCUT2D eigenvalue weighted by Gasteiger charge is -2.39. The van der Waals surface area contributed by atoms with Crippen LogP contribution in [0.25, 0.3) is 0 Å². The zero-order valence-electron chi connectivity index (χ0n) is 12.2. The van der Waals surface area contributed by atoms with Crippen molar-refractivity contribution >= 4 is 5.91 Å². The van der Waals surface area contributed by atoms with Gasteiger partial charge >= 0.3 is 0 Å². The minimum Gasteiger partial charge on any atom is -0.348 e. The zero-order chi connectivity index (χ0) is 14.9. The van der Waals surface area contributed by atoms with Gasteiger partial charge in [-0.05, 0) is 25.0 Å². The molecule has 3 rings (SSSR count). The molecule has 4 nitrogen and oxygen atoms in total. The average molecular weight is 293 g/mol. The van der Waals surface area contributed by atoms with Crippen LogP contribution in [0.5, 0.6) is 0 Å². The molecule has 0 radical (unpaired) electrons. The highest BCUT2D eigenvalue weighted by Gasteiger charge is 2.41. The van der Waals surface area contributed by atoms with E-state index in [4.69, 9.17) is 9.47 Å². The normalized spacial score (nSPS) is 21.6. The summed E-state index contributed by atoms with van der Waals surface area (Å²) in [5, 5.41) is 0. The molecule has 5 heteroatoms. The Balaban J connectivity index is 1.65. The van der Waals surface area contributed by atoms with Crippen LogP contribution < -0.4 is 0 Å². The highest BCUT2D eigenvalue weighted by atomic mass is 19.1. The lowest BCUT2D eigenvalue weighted by Crippen LogP contribution is -2.45. The molecule has 0 N–H and O–H groups in total. The molecule has 1 amide bonds. The van der Waals surface area contributed by atoms with Gasteiger partial charge in [0, 0.05) is 25.9 Å². The van der Waals surface area contributed by atoms with E-state index in [2.05, 4.69) is 0 Å². The Bertz CT molecular complexity index is 518. The number of rotatable bonds is 2. The quantitative estimate of drug-likeness (QED) is 0.841. The SMILES string of the molecule is CN(C(=O)c1ccccc1F)C1CCC2(CC1)OCCO2. The summed E-state index contributed by atoms with van der Waals surface area (Å²) in [6.45, 7) is 1.29. The summed E-state index contributed by atoms with van der Waals surface area (Å²) in [7, 11) is 1.74. The first kappa shape index (κ1) is 14.5.